The number of halogens is 3. The van der Waals surface area contributed by atoms with E-state index in [-0.39, 0.29) is 17.3 Å². The fraction of sp³-hybridized carbons (Fsp3) is 0.0714. The van der Waals surface area contributed by atoms with Crippen LogP contribution in [0.5, 0.6) is 11.5 Å². The molecule has 0 saturated heterocycles. The van der Waals surface area contributed by atoms with Crippen LogP contribution in [-0.2, 0) is 0 Å². The molecule has 0 unspecified atom stereocenters. The van der Waals surface area contributed by atoms with Crippen molar-refractivity contribution in [3.8, 4) is 11.5 Å². The first-order chi connectivity index (χ1) is 9.40. The molecule has 2 aromatic rings. The molecule has 0 atom stereocenters. The summed E-state index contributed by atoms with van der Waals surface area (Å²) >= 11 is 3.94. The Kier molecular flexibility index (Phi) is 5.93. The number of phenolic OH excluding ortho intramolecular Hbond substituents is 2. The van der Waals surface area contributed by atoms with Gasteiger partial charge in [0.05, 0.1) is 0 Å². The second-order valence-corrected chi connectivity index (χ2v) is 4.00. The van der Waals surface area contributed by atoms with E-state index < -0.39 is 5.88 Å². The van der Waals surface area contributed by atoms with Gasteiger partial charge in [0.1, 0.15) is 11.5 Å². The van der Waals surface area contributed by atoms with Gasteiger partial charge in [-0.25, -0.2) is 0 Å². The zero-order chi connectivity index (χ0) is 15.1. The normalized spacial score (nSPS) is 9.80. The molecule has 0 fully saturated rings. The van der Waals surface area contributed by atoms with Crippen molar-refractivity contribution in [1.29, 1.82) is 0 Å². The molecule has 0 amide bonds. The summed E-state index contributed by atoms with van der Waals surface area (Å²) in [4.78, 5) is 11.9. The van der Waals surface area contributed by atoms with Crippen LogP contribution >= 0.6 is 11.6 Å². The number of hydrogen-bond acceptors (Lipinski definition) is 3. The van der Waals surface area contributed by atoms with Gasteiger partial charge >= 0.3 is 5.88 Å². The summed E-state index contributed by atoms with van der Waals surface area (Å²) < 4.78 is 20.2. The number of hydrogen-bond donors (Lipinski definition) is 2. The number of aromatic hydroxyl groups is 2. The minimum absolute atomic E-state index is 0.127. The third-order valence-electron chi connectivity index (χ3n) is 2.26. The fourth-order valence-corrected chi connectivity index (χ4v) is 1.39. The van der Waals surface area contributed by atoms with Crippen molar-refractivity contribution >= 4 is 17.4 Å². The highest BCUT2D eigenvalue weighted by Crippen LogP contribution is 2.16. The maximum atomic E-state index is 11.9. The van der Waals surface area contributed by atoms with E-state index in [2.05, 4.69) is 11.6 Å². The monoisotopic (exact) mass is 300 g/mol. The van der Waals surface area contributed by atoms with Crippen LogP contribution in [-0.4, -0.2) is 21.9 Å². The average molecular weight is 301 g/mol. The Morgan fingerprint density at radius 1 is 0.850 bits per heavy atom. The predicted molar refractivity (Wildman–Crippen MR) is 71.5 cm³/mol. The molecule has 0 aliphatic carbocycles. The lowest BCUT2D eigenvalue weighted by molar-refractivity contribution is 0.103. The van der Waals surface area contributed by atoms with E-state index in [1.165, 1.54) is 24.3 Å². The molecule has 0 aliphatic rings. The van der Waals surface area contributed by atoms with Crippen molar-refractivity contribution in [2.24, 2.45) is 0 Å². The highest BCUT2D eigenvalue weighted by Gasteiger charge is 2.08. The SMILES string of the molecule is FC(F)Cl.O=C(c1ccc(O)cc1)c1ccc(O)cc1. The fourth-order valence-electron chi connectivity index (χ4n) is 1.39. The summed E-state index contributed by atoms with van der Waals surface area (Å²) in [7, 11) is 0. The largest absolute Gasteiger partial charge is 0.508 e. The van der Waals surface area contributed by atoms with Gasteiger partial charge in [-0.15, -0.1) is 0 Å². The van der Waals surface area contributed by atoms with E-state index in [9.17, 15) is 13.6 Å². The Hall–Kier alpha value is -2.14. The molecule has 0 aromatic heterocycles. The molecule has 2 aromatic carbocycles. The van der Waals surface area contributed by atoms with E-state index in [0.29, 0.717) is 11.1 Å². The summed E-state index contributed by atoms with van der Waals surface area (Å²) in [6.07, 6.45) is 0. The number of alkyl halides is 3. The zero-order valence-corrected chi connectivity index (χ0v) is 10.9. The molecule has 3 nitrogen and oxygen atoms in total. The number of carbonyl (C=O) groups is 1. The number of rotatable bonds is 2. The summed E-state index contributed by atoms with van der Waals surface area (Å²) in [5.74, 6) is -2.58. The predicted octanol–water partition coefficient (Wildman–Crippen LogP) is 3.78. The quantitative estimate of drug-likeness (QED) is 0.655. The zero-order valence-electron chi connectivity index (χ0n) is 10.1. The van der Waals surface area contributed by atoms with Crippen LogP contribution in [0, 0.1) is 0 Å². The van der Waals surface area contributed by atoms with Crippen LogP contribution in [0.3, 0.4) is 0 Å². The molecule has 0 saturated carbocycles. The van der Waals surface area contributed by atoms with Crippen molar-refractivity contribution in [1.82, 2.24) is 0 Å². The van der Waals surface area contributed by atoms with Gasteiger partial charge in [-0.05, 0) is 48.5 Å². The molecular formula is C14H11ClF2O3. The molecular weight excluding hydrogens is 290 g/mol. The Morgan fingerprint density at radius 2 is 1.10 bits per heavy atom. The smallest absolute Gasteiger partial charge is 0.312 e. The van der Waals surface area contributed by atoms with E-state index >= 15 is 0 Å². The molecule has 2 N–H and O–H groups in total. The van der Waals surface area contributed by atoms with E-state index in [4.69, 9.17) is 10.2 Å². The lowest BCUT2D eigenvalue weighted by atomic mass is 10.0. The number of benzene rings is 2. The maximum Gasteiger partial charge on any atom is 0.312 e. The topological polar surface area (TPSA) is 57.5 Å². The van der Waals surface area contributed by atoms with Crippen LogP contribution in [0.15, 0.2) is 48.5 Å². The van der Waals surface area contributed by atoms with Gasteiger partial charge in [-0.3, -0.25) is 4.79 Å². The van der Waals surface area contributed by atoms with Crippen LogP contribution in [0.25, 0.3) is 0 Å². The van der Waals surface area contributed by atoms with Gasteiger partial charge in [-0.2, -0.15) is 8.78 Å². The maximum absolute atomic E-state index is 11.9. The van der Waals surface area contributed by atoms with Crippen molar-refractivity contribution in [3.63, 3.8) is 0 Å². The summed E-state index contributed by atoms with van der Waals surface area (Å²) in [5, 5.41) is 18.2. The first-order valence-electron chi connectivity index (χ1n) is 5.45. The lowest BCUT2D eigenvalue weighted by Crippen LogP contribution is -2.00. The minimum atomic E-state index is -2.69. The van der Waals surface area contributed by atoms with Gasteiger partial charge in [0.15, 0.2) is 5.78 Å². The van der Waals surface area contributed by atoms with Gasteiger partial charge in [0.25, 0.3) is 0 Å². The molecule has 0 radical (unpaired) electrons. The molecule has 0 aliphatic heterocycles. The number of carbonyl (C=O) groups excluding carboxylic acids is 1. The molecule has 0 spiro atoms. The van der Waals surface area contributed by atoms with Crippen molar-refractivity contribution in [3.05, 3.63) is 59.7 Å². The molecule has 20 heavy (non-hydrogen) atoms. The third-order valence-corrected chi connectivity index (χ3v) is 2.26. The van der Waals surface area contributed by atoms with E-state index in [1.54, 1.807) is 24.3 Å². The van der Waals surface area contributed by atoms with Crippen LogP contribution in [0.2, 0.25) is 0 Å². The number of phenols is 2. The second kappa shape index (κ2) is 7.45. The van der Waals surface area contributed by atoms with Gasteiger partial charge in [0.2, 0.25) is 0 Å². The highest BCUT2D eigenvalue weighted by molar-refractivity contribution is 6.18. The number of ketones is 1. The third kappa shape index (κ3) is 5.24. The Balaban J connectivity index is 0.000000444. The van der Waals surface area contributed by atoms with Gasteiger partial charge < -0.3 is 10.2 Å². The standard InChI is InChI=1S/C13H10O3.CHClF2/c14-11-5-1-9(2-6-11)13(16)10-3-7-12(15)8-4-10;2-1(3)4/h1-8,14-15H;1H. The van der Waals surface area contributed by atoms with Gasteiger partial charge in [-0.1, -0.05) is 11.6 Å². The summed E-state index contributed by atoms with van der Waals surface area (Å²) in [5.41, 5.74) is 1.01. The van der Waals surface area contributed by atoms with Crippen LogP contribution < -0.4 is 0 Å². The first kappa shape index (κ1) is 15.9. The van der Waals surface area contributed by atoms with Crippen LogP contribution in [0.1, 0.15) is 15.9 Å². The Bertz CT molecular complexity index is 503. The van der Waals surface area contributed by atoms with E-state index in [1.807, 2.05) is 0 Å². The first-order valence-corrected chi connectivity index (χ1v) is 5.89. The minimum Gasteiger partial charge on any atom is -0.508 e. The molecule has 0 heterocycles. The second-order valence-electron chi connectivity index (χ2n) is 3.67. The summed E-state index contributed by atoms with van der Waals surface area (Å²) in [6, 6.07) is 12.1. The molecule has 2 rings (SSSR count). The van der Waals surface area contributed by atoms with Crippen molar-refractivity contribution in [2.45, 2.75) is 5.88 Å². The van der Waals surface area contributed by atoms with Crippen molar-refractivity contribution in [2.75, 3.05) is 0 Å². The van der Waals surface area contributed by atoms with Crippen LogP contribution in [0.4, 0.5) is 8.78 Å². The average Bonchev–Trinajstić information content (AvgIpc) is 2.39. The summed E-state index contributed by atoms with van der Waals surface area (Å²) in [6.45, 7) is 0. The Labute approximate surface area is 119 Å². The molecule has 106 valence electrons. The molecule has 0 bridgehead atoms. The Morgan fingerprint density at radius 3 is 1.35 bits per heavy atom. The van der Waals surface area contributed by atoms with Gasteiger partial charge in [0, 0.05) is 11.1 Å². The lowest BCUT2D eigenvalue weighted by Gasteiger charge is -2.01. The highest BCUT2D eigenvalue weighted by atomic mass is 35.5. The molecule has 6 heteroatoms. The van der Waals surface area contributed by atoms with Crippen molar-refractivity contribution < 1.29 is 23.8 Å². The van der Waals surface area contributed by atoms with E-state index in [0.717, 1.165) is 0 Å².